The van der Waals surface area contributed by atoms with E-state index in [1.807, 2.05) is 36.4 Å². The molecule has 2 aliphatic rings. The number of rotatable bonds is 5. The minimum Gasteiger partial charge on any atom is -0.308 e. The van der Waals surface area contributed by atoms with Crippen molar-refractivity contribution >= 4 is 27.3 Å². The molecule has 1 fully saturated rings. The van der Waals surface area contributed by atoms with E-state index in [0.29, 0.717) is 10.2 Å². The molecule has 164 valence electrons. The number of hydrogen-bond donors (Lipinski definition) is 1. The lowest BCUT2D eigenvalue weighted by Gasteiger charge is -2.09. The van der Waals surface area contributed by atoms with Crippen LogP contribution in [-0.2, 0) is 12.8 Å². The van der Waals surface area contributed by atoms with Gasteiger partial charge in [-0.25, -0.2) is 14.6 Å². The molecule has 33 heavy (non-hydrogen) atoms. The number of H-pyrrole nitrogens is 1. The van der Waals surface area contributed by atoms with Crippen LogP contribution in [0.2, 0.25) is 0 Å². The largest absolute Gasteiger partial charge is 0.308 e. The van der Waals surface area contributed by atoms with Crippen molar-refractivity contribution in [3.8, 4) is 11.8 Å². The molecular formula is C24H20N6O2S. The lowest BCUT2D eigenvalue weighted by atomic mass is 9.97. The number of nitriles is 1. The van der Waals surface area contributed by atoms with Crippen LogP contribution in [-0.4, -0.2) is 30.5 Å². The standard InChI is InChI=1S/C24H20N6O2S/c25-12-16(20-27-23(32)18-15-8-4-5-9-17(15)33-24(18)28-20)19(31)21-26-22(13-10-11-13)30(29-21)14-6-2-1-3-7-14/h1-3,6-7,13,16H,4-5,8-11H2,(H,27,28,32). The van der Waals surface area contributed by atoms with Gasteiger partial charge >= 0.3 is 0 Å². The van der Waals surface area contributed by atoms with Crippen molar-refractivity contribution in [2.75, 3.05) is 0 Å². The normalized spacial score (nSPS) is 16.3. The maximum atomic E-state index is 13.3. The Morgan fingerprint density at radius 1 is 1.18 bits per heavy atom. The number of para-hydroxylation sites is 1. The quantitative estimate of drug-likeness (QED) is 0.456. The van der Waals surface area contributed by atoms with Crippen LogP contribution < -0.4 is 5.56 Å². The van der Waals surface area contributed by atoms with Crippen LogP contribution in [0.15, 0.2) is 35.1 Å². The molecule has 1 saturated carbocycles. The van der Waals surface area contributed by atoms with Gasteiger partial charge in [-0.2, -0.15) is 5.26 Å². The zero-order chi connectivity index (χ0) is 22.5. The summed E-state index contributed by atoms with van der Waals surface area (Å²) in [5, 5.41) is 14.9. The molecule has 2 aliphatic carbocycles. The van der Waals surface area contributed by atoms with Gasteiger partial charge < -0.3 is 4.98 Å². The van der Waals surface area contributed by atoms with Gasteiger partial charge in [-0.05, 0) is 56.2 Å². The fourth-order valence-electron chi connectivity index (χ4n) is 4.48. The number of benzene rings is 1. The van der Waals surface area contributed by atoms with E-state index < -0.39 is 11.7 Å². The predicted octanol–water partition coefficient (Wildman–Crippen LogP) is 3.81. The van der Waals surface area contributed by atoms with Gasteiger partial charge in [0.15, 0.2) is 5.92 Å². The van der Waals surface area contributed by atoms with Crippen molar-refractivity contribution in [1.82, 2.24) is 24.7 Å². The van der Waals surface area contributed by atoms with Gasteiger partial charge in [0, 0.05) is 10.8 Å². The van der Waals surface area contributed by atoms with E-state index in [0.717, 1.165) is 55.6 Å². The van der Waals surface area contributed by atoms with E-state index >= 15 is 0 Å². The molecule has 8 nitrogen and oxygen atoms in total. The van der Waals surface area contributed by atoms with E-state index in [1.165, 1.54) is 16.2 Å². The topological polar surface area (TPSA) is 117 Å². The lowest BCUT2D eigenvalue weighted by molar-refractivity contribution is 0.0966. The van der Waals surface area contributed by atoms with Crippen molar-refractivity contribution in [1.29, 1.82) is 5.26 Å². The number of aromatic nitrogens is 5. The highest BCUT2D eigenvalue weighted by Gasteiger charge is 2.34. The second kappa shape index (κ2) is 7.74. The second-order valence-electron chi connectivity index (χ2n) is 8.58. The summed E-state index contributed by atoms with van der Waals surface area (Å²) >= 11 is 1.49. The van der Waals surface area contributed by atoms with Gasteiger partial charge in [-0.15, -0.1) is 16.4 Å². The molecule has 3 heterocycles. The van der Waals surface area contributed by atoms with Gasteiger partial charge in [0.25, 0.3) is 5.56 Å². The summed E-state index contributed by atoms with van der Waals surface area (Å²) in [6.07, 6.45) is 5.95. The fourth-order valence-corrected chi connectivity index (χ4v) is 5.75. The summed E-state index contributed by atoms with van der Waals surface area (Å²) in [7, 11) is 0. The number of carbonyl (C=O) groups excluding carboxylic acids is 1. The van der Waals surface area contributed by atoms with E-state index in [2.05, 4.69) is 20.1 Å². The van der Waals surface area contributed by atoms with Crippen LogP contribution in [0.25, 0.3) is 15.9 Å². The Hall–Kier alpha value is -3.64. The van der Waals surface area contributed by atoms with Crippen LogP contribution in [0.5, 0.6) is 0 Å². The van der Waals surface area contributed by atoms with Crippen LogP contribution in [0.3, 0.4) is 0 Å². The molecule has 1 N–H and O–H groups in total. The van der Waals surface area contributed by atoms with Crippen molar-refractivity contribution in [3.05, 3.63) is 68.6 Å². The maximum Gasteiger partial charge on any atom is 0.259 e. The van der Waals surface area contributed by atoms with Gasteiger partial charge in [-0.1, -0.05) is 18.2 Å². The monoisotopic (exact) mass is 456 g/mol. The summed E-state index contributed by atoms with van der Waals surface area (Å²) in [4.78, 5) is 39.8. The number of aryl methyl sites for hydroxylation is 2. The molecule has 1 aromatic carbocycles. The molecule has 0 aliphatic heterocycles. The summed E-state index contributed by atoms with van der Waals surface area (Å²) in [5.74, 6) is -0.823. The van der Waals surface area contributed by atoms with Crippen LogP contribution in [0.4, 0.5) is 0 Å². The van der Waals surface area contributed by atoms with Crippen LogP contribution in [0, 0.1) is 11.3 Å². The Bertz CT molecular complexity index is 1490. The summed E-state index contributed by atoms with van der Waals surface area (Å²) in [6.45, 7) is 0. The van der Waals surface area contributed by atoms with Crippen molar-refractivity contribution in [3.63, 3.8) is 0 Å². The Labute approximate surface area is 192 Å². The Morgan fingerprint density at radius 2 is 1.97 bits per heavy atom. The number of Topliss-reactive ketones (excluding diaryl/α,β-unsaturated/α-hetero) is 1. The van der Waals surface area contributed by atoms with Crippen molar-refractivity contribution in [2.45, 2.75) is 50.4 Å². The number of thiophene rings is 1. The summed E-state index contributed by atoms with van der Waals surface area (Å²) < 4.78 is 1.69. The number of aromatic amines is 1. The highest BCUT2D eigenvalue weighted by molar-refractivity contribution is 7.18. The predicted molar refractivity (Wildman–Crippen MR) is 123 cm³/mol. The minimum absolute atomic E-state index is 0.0273. The molecule has 1 atom stereocenters. The maximum absolute atomic E-state index is 13.3. The number of nitrogens with one attached hydrogen (secondary N) is 1. The van der Waals surface area contributed by atoms with E-state index in [9.17, 15) is 14.9 Å². The Morgan fingerprint density at radius 3 is 2.73 bits per heavy atom. The van der Waals surface area contributed by atoms with Gasteiger partial charge in [0.05, 0.1) is 17.1 Å². The molecule has 0 bridgehead atoms. The Kier molecular flexibility index (Phi) is 4.69. The first-order chi connectivity index (χ1) is 16.1. The summed E-state index contributed by atoms with van der Waals surface area (Å²) in [5.41, 5.74) is 1.60. The number of nitrogens with zero attached hydrogens (tertiary/aromatic N) is 5. The van der Waals surface area contributed by atoms with E-state index in [1.54, 1.807) is 4.68 Å². The molecule has 1 unspecified atom stereocenters. The zero-order valence-corrected chi connectivity index (χ0v) is 18.6. The van der Waals surface area contributed by atoms with Crippen LogP contribution >= 0.6 is 11.3 Å². The van der Waals surface area contributed by atoms with Gasteiger partial charge in [0.2, 0.25) is 11.6 Å². The summed E-state index contributed by atoms with van der Waals surface area (Å²) in [6, 6.07) is 11.5. The number of carbonyl (C=O) groups is 1. The molecule has 4 aromatic rings. The van der Waals surface area contributed by atoms with Crippen molar-refractivity contribution in [2.24, 2.45) is 0 Å². The van der Waals surface area contributed by atoms with Crippen LogP contribution in [0.1, 0.15) is 70.2 Å². The number of fused-ring (bicyclic) bond motifs is 3. The van der Waals surface area contributed by atoms with E-state index in [4.69, 9.17) is 0 Å². The van der Waals surface area contributed by atoms with E-state index in [-0.39, 0.29) is 23.1 Å². The first-order valence-electron chi connectivity index (χ1n) is 11.1. The molecular weight excluding hydrogens is 436 g/mol. The number of hydrogen-bond acceptors (Lipinski definition) is 7. The molecule has 9 heteroatoms. The fraction of sp³-hybridized carbons (Fsp3) is 0.333. The average molecular weight is 457 g/mol. The van der Waals surface area contributed by atoms with Crippen molar-refractivity contribution < 1.29 is 4.79 Å². The second-order valence-corrected chi connectivity index (χ2v) is 9.67. The van der Waals surface area contributed by atoms with Gasteiger partial charge in [-0.3, -0.25) is 9.59 Å². The Balaban J connectivity index is 1.41. The molecule has 0 amide bonds. The highest BCUT2D eigenvalue weighted by Crippen LogP contribution is 2.40. The third-order valence-corrected chi connectivity index (χ3v) is 7.49. The molecule has 3 aromatic heterocycles. The third-order valence-electron chi connectivity index (χ3n) is 6.30. The molecule has 0 spiro atoms. The highest BCUT2D eigenvalue weighted by atomic mass is 32.1. The first kappa shape index (κ1) is 20.0. The number of ketones is 1. The molecule has 6 rings (SSSR count). The molecule has 0 saturated heterocycles. The first-order valence-corrected chi connectivity index (χ1v) is 12.0. The van der Waals surface area contributed by atoms with Gasteiger partial charge in [0.1, 0.15) is 16.5 Å². The molecule has 0 radical (unpaired) electrons. The third kappa shape index (κ3) is 3.38. The lowest BCUT2D eigenvalue weighted by Crippen LogP contribution is -2.20. The average Bonchev–Trinajstić information content (AvgIpc) is 3.46. The SMILES string of the molecule is N#CC(C(=O)c1nc(C2CC2)n(-c2ccccc2)n1)c1nc2sc3c(c2c(=O)[nH]1)CCCC3. The minimum atomic E-state index is -1.28. The smallest absolute Gasteiger partial charge is 0.259 e. The zero-order valence-electron chi connectivity index (χ0n) is 17.7.